The molecule has 2 aromatic rings. The number of aryl methyl sites for hydroxylation is 1. The normalized spacial score (nSPS) is 31.4. The number of aromatic amines is 1. The largest absolute Gasteiger partial charge is 0.347 e. The summed E-state index contributed by atoms with van der Waals surface area (Å²) in [6, 6.07) is 5.20. The van der Waals surface area contributed by atoms with Crippen LogP contribution < -0.4 is 16.4 Å². The van der Waals surface area contributed by atoms with Crippen LogP contribution >= 0.6 is 0 Å². The standard InChI is InChI=1S/C21H25N3O3/c1-2-24-17-4-3-15(8-16(17)22-19(26)20(24)27)18(25)23-21-9-12-5-13(10-21)7-14(6-12)11-21/h3-4,8,12-14H,2,5-7,9-11H2,1H3,(H,22,26)(H,23,25). The lowest BCUT2D eigenvalue weighted by atomic mass is 9.53. The number of carbonyl (C=O) groups excluding carboxylic acids is 1. The molecule has 0 atom stereocenters. The number of fused-ring (bicyclic) bond motifs is 1. The smallest absolute Gasteiger partial charge is 0.316 e. The number of benzene rings is 1. The number of hydrogen-bond acceptors (Lipinski definition) is 3. The van der Waals surface area contributed by atoms with Gasteiger partial charge >= 0.3 is 11.1 Å². The molecule has 1 aromatic heterocycles. The van der Waals surface area contributed by atoms with Gasteiger partial charge in [0.2, 0.25) is 0 Å². The molecule has 4 saturated carbocycles. The lowest BCUT2D eigenvalue weighted by Gasteiger charge is -2.56. The molecule has 27 heavy (non-hydrogen) atoms. The van der Waals surface area contributed by atoms with E-state index in [1.54, 1.807) is 18.2 Å². The van der Waals surface area contributed by atoms with Crippen LogP contribution in [-0.2, 0) is 6.54 Å². The molecule has 6 rings (SSSR count). The highest BCUT2D eigenvalue weighted by atomic mass is 16.2. The third-order valence-electron chi connectivity index (χ3n) is 6.97. The third-order valence-corrected chi connectivity index (χ3v) is 6.97. The fourth-order valence-corrected chi connectivity index (χ4v) is 6.31. The van der Waals surface area contributed by atoms with E-state index in [1.165, 1.54) is 23.8 Å². The molecule has 2 N–H and O–H groups in total. The first kappa shape index (κ1) is 16.8. The first-order chi connectivity index (χ1) is 13.0. The Morgan fingerprint density at radius 3 is 2.37 bits per heavy atom. The van der Waals surface area contributed by atoms with Crippen molar-refractivity contribution in [1.29, 1.82) is 0 Å². The summed E-state index contributed by atoms with van der Waals surface area (Å²) in [5, 5.41) is 3.36. The van der Waals surface area contributed by atoms with Gasteiger partial charge in [-0.3, -0.25) is 14.4 Å². The second-order valence-electron chi connectivity index (χ2n) is 8.89. The summed E-state index contributed by atoms with van der Waals surface area (Å²) in [4.78, 5) is 39.5. The van der Waals surface area contributed by atoms with Crippen LogP contribution in [-0.4, -0.2) is 21.0 Å². The zero-order valence-electron chi connectivity index (χ0n) is 15.6. The van der Waals surface area contributed by atoms with Crippen LogP contribution in [0.3, 0.4) is 0 Å². The fourth-order valence-electron chi connectivity index (χ4n) is 6.31. The molecular formula is C21H25N3O3. The average molecular weight is 367 g/mol. The molecule has 0 radical (unpaired) electrons. The van der Waals surface area contributed by atoms with Gasteiger partial charge in [-0.15, -0.1) is 0 Å². The van der Waals surface area contributed by atoms with E-state index in [2.05, 4.69) is 10.3 Å². The topological polar surface area (TPSA) is 84.0 Å². The number of H-pyrrole nitrogens is 1. The van der Waals surface area contributed by atoms with Gasteiger partial charge in [-0.1, -0.05) is 0 Å². The molecule has 6 nitrogen and oxygen atoms in total. The summed E-state index contributed by atoms with van der Waals surface area (Å²) in [6.07, 6.45) is 7.31. The maximum Gasteiger partial charge on any atom is 0.316 e. The molecule has 0 saturated heterocycles. The van der Waals surface area contributed by atoms with Gasteiger partial charge in [0.05, 0.1) is 11.0 Å². The van der Waals surface area contributed by atoms with E-state index in [1.807, 2.05) is 6.92 Å². The number of carbonyl (C=O) groups is 1. The summed E-state index contributed by atoms with van der Waals surface area (Å²) >= 11 is 0. The molecule has 142 valence electrons. The molecule has 6 heteroatoms. The van der Waals surface area contributed by atoms with Crippen LogP contribution in [0.25, 0.3) is 11.0 Å². The second-order valence-corrected chi connectivity index (χ2v) is 8.89. The molecule has 4 fully saturated rings. The number of nitrogens with zero attached hydrogens (tertiary/aromatic N) is 1. The van der Waals surface area contributed by atoms with Crippen molar-refractivity contribution in [3.8, 4) is 0 Å². The predicted octanol–water partition coefficient (Wildman–Crippen LogP) is 2.41. The van der Waals surface area contributed by atoms with E-state index >= 15 is 0 Å². The van der Waals surface area contributed by atoms with E-state index in [0.717, 1.165) is 37.0 Å². The first-order valence-corrected chi connectivity index (χ1v) is 10.1. The van der Waals surface area contributed by atoms with Gasteiger partial charge in [-0.2, -0.15) is 0 Å². The van der Waals surface area contributed by atoms with E-state index in [-0.39, 0.29) is 11.4 Å². The Labute approximate surface area is 157 Å². The molecule has 4 bridgehead atoms. The van der Waals surface area contributed by atoms with Crippen molar-refractivity contribution in [2.24, 2.45) is 17.8 Å². The minimum Gasteiger partial charge on any atom is -0.347 e. The van der Waals surface area contributed by atoms with Crippen molar-refractivity contribution in [2.75, 3.05) is 0 Å². The van der Waals surface area contributed by atoms with Crippen molar-refractivity contribution in [3.05, 3.63) is 44.5 Å². The van der Waals surface area contributed by atoms with E-state index < -0.39 is 11.1 Å². The maximum absolute atomic E-state index is 13.0. The zero-order valence-corrected chi connectivity index (χ0v) is 15.6. The van der Waals surface area contributed by atoms with E-state index in [4.69, 9.17) is 0 Å². The Morgan fingerprint density at radius 2 is 1.78 bits per heavy atom. The SMILES string of the molecule is CCn1c(=O)c(=O)[nH]c2cc(C(=O)NC34CC5CC(CC(C5)C3)C4)ccc21. The highest BCUT2D eigenvalue weighted by Crippen LogP contribution is 2.55. The molecule has 0 unspecified atom stereocenters. The van der Waals surface area contributed by atoms with Crippen LogP contribution in [0.2, 0.25) is 0 Å². The van der Waals surface area contributed by atoms with Crippen molar-refractivity contribution < 1.29 is 4.79 Å². The molecule has 0 spiro atoms. The molecule has 1 heterocycles. The van der Waals surface area contributed by atoms with Crippen molar-refractivity contribution >= 4 is 16.9 Å². The first-order valence-electron chi connectivity index (χ1n) is 10.1. The lowest BCUT2D eigenvalue weighted by Crippen LogP contribution is -2.59. The van der Waals surface area contributed by atoms with Crippen LogP contribution in [0, 0.1) is 17.8 Å². The number of amides is 1. The van der Waals surface area contributed by atoms with E-state index in [0.29, 0.717) is 23.1 Å². The van der Waals surface area contributed by atoms with Gasteiger partial charge < -0.3 is 14.9 Å². The number of aromatic nitrogens is 2. The van der Waals surface area contributed by atoms with Crippen molar-refractivity contribution in [2.45, 2.75) is 57.5 Å². The Kier molecular flexibility index (Phi) is 3.61. The second kappa shape index (κ2) is 5.81. The minimum atomic E-state index is -0.650. The highest BCUT2D eigenvalue weighted by molar-refractivity contribution is 5.97. The Morgan fingerprint density at radius 1 is 1.15 bits per heavy atom. The van der Waals surface area contributed by atoms with Crippen molar-refractivity contribution in [3.63, 3.8) is 0 Å². The third kappa shape index (κ3) is 2.65. The highest BCUT2D eigenvalue weighted by Gasteiger charge is 2.51. The van der Waals surface area contributed by atoms with Gasteiger partial charge in [0.1, 0.15) is 0 Å². The van der Waals surface area contributed by atoms with Crippen LogP contribution in [0.4, 0.5) is 0 Å². The summed E-state index contributed by atoms with van der Waals surface area (Å²) in [7, 11) is 0. The monoisotopic (exact) mass is 367 g/mol. The molecule has 4 aliphatic rings. The zero-order chi connectivity index (χ0) is 18.8. The van der Waals surface area contributed by atoms with Gasteiger partial charge in [-0.05, 0) is 81.4 Å². The van der Waals surface area contributed by atoms with Gasteiger partial charge in [0.15, 0.2) is 0 Å². The fraction of sp³-hybridized carbons (Fsp3) is 0.571. The lowest BCUT2D eigenvalue weighted by molar-refractivity contribution is -0.0167. The number of rotatable bonds is 3. The van der Waals surface area contributed by atoms with Crippen LogP contribution in [0.1, 0.15) is 55.8 Å². The van der Waals surface area contributed by atoms with Gasteiger partial charge in [-0.25, -0.2) is 0 Å². The van der Waals surface area contributed by atoms with Crippen LogP contribution in [0.15, 0.2) is 27.8 Å². The summed E-state index contributed by atoms with van der Waals surface area (Å²) in [5.74, 6) is 2.23. The number of hydrogen-bond donors (Lipinski definition) is 2. The van der Waals surface area contributed by atoms with Gasteiger partial charge in [0, 0.05) is 17.6 Å². The Hall–Kier alpha value is -2.37. The molecule has 1 amide bonds. The summed E-state index contributed by atoms with van der Waals surface area (Å²) in [5.41, 5.74) is 0.457. The molecular weight excluding hydrogens is 342 g/mol. The predicted molar refractivity (Wildman–Crippen MR) is 103 cm³/mol. The quantitative estimate of drug-likeness (QED) is 0.817. The summed E-state index contributed by atoms with van der Waals surface area (Å²) in [6.45, 7) is 2.24. The maximum atomic E-state index is 13.0. The molecule has 1 aromatic carbocycles. The Balaban J connectivity index is 1.47. The van der Waals surface area contributed by atoms with Crippen LogP contribution in [0.5, 0.6) is 0 Å². The molecule has 0 aliphatic heterocycles. The Bertz CT molecular complexity index is 1010. The van der Waals surface area contributed by atoms with Crippen molar-refractivity contribution in [1.82, 2.24) is 14.9 Å². The van der Waals surface area contributed by atoms with Gasteiger partial charge in [0.25, 0.3) is 5.91 Å². The van der Waals surface area contributed by atoms with E-state index in [9.17, 15) is 14.4 Å². The average Bonchev–Trinajstić information content (AvgIpc) is 2.61. The summed E-state index contributed by atoms with van der Waals surface area (Å²) < 4.78 is 1.44. The molecule has 4 aliphatic carbocycles. The number of nitrogens with one attached hydrogen (secondary N) is 2. The minimum absolute atomic E-state index is 0.0452.